The summed E-state index contributed by atoms with van der Waals surface area (Å²) in [5.74, 6) is -0.804. The number of anilines is 2. The average molecular weight is 855 g/mol. The normalized spacial score (nSPS) is 11.5. The van der Waals surface area contributed by atoms with Crippen molar-refractivity contribution in [3.05, 3.63) is 113 Å². The number of nitrogens with one attached hydrogen (secondary N) is 2. The lowest BCUT2D eigenvalue weighted by Gasteiger charge is -2.23. The van der Waals surface area contributed by atoms with Gasteiger partial charge in [0.2, 0.25) is 0 Å². The maximum absolute atomic E-state index is 13.7. The Morgan fingerprint density at radius 2 is 1.31 bits per heavy atom. The Morgan fingerprint density at radius 1 is 0.705 bits per heavy atom. The van der Waals surface area contributed by atoms with Crippen LogP contribution < -0.4 is 15.5 Å². The monoisotopic (exact) mass is 854 g/mol. The number of amides is 2. The van der Waals surface area contributed by atoms with Crippen LogP contribution in [0.25, 0.3) is 11.3 Å². The fourth-order valence-corrected chi connectivity index (χ4v) is 6.11. The van der Waals surface area contributed by atoms with Gasteiger partial charge in [0.15, 0.2) is 6.29 Å². The van der Waals surface area contributed by atoms with Gasteiger partial charge in [0, 0.05) is 61.2 Å². The van der Waals surface area contributed by atoms with Gasteiger partial charge in [-0.3, -0.25) is 14.6 Å². The van der Waals surface area contributed by atoms with Crippen molar-refractivity contribution >= 4 is 23.2 Å². The molecule has 4 N–H and O–H groups in total. The second-order valence-corrected chi connectivity index (χ2v) is 13.8. The molecule has 0 bridgehead atoms. The Bertz CT molecular complexity index is 1930. The first-order chi connectivity index (χ1) is 29.5. The standard InChI is InChI=1S/C45H57F3N4O9/c1-3-52(4-2)38-13-14-40(39(31-38)41-30-36(15-17-49-41)43(55)50-32-34-9-6-12-37(29-34)45(46,47)48)51-44(56)35-11-5-8-33(28-35)10-7-18-57-20-22-59-24-26-61-27-25-60-23-21-58-19-16-42(53)54/h5-6,8-9,11-15,17,28-31,42,53-54H,3-4,7,10,16,18-27,32H2,1-2H3,(H,50,55)(H,51,56). The number of hydrogen-bond acceptors (Lipinski definition) is 11. The number of aromatic nitrogens is 1. The number of nitrogens with zero attached hydrogens (tertiary/aromatic N) is 2. The molecule has 1 aromatic heterocycles. The molecule has 0 saturated heterocycles. The molecule has 0 aliphatic rings. The second kappa shape index (κ2) is 26.4. The van der Waals surface area contributed by atoms with Crippen LogP contribution in [0.1, 0.15) is 64.1 Å². The molecule has 61 heavy (non-hydrogen) atoms. The zero-order valence-corrected chi connectivity index (χ0v) is 34.8. The van der Waals surface area contributed by atoms with Crippen LogP contribution in [0, 0.1) is 0 Å². The van der Waals surface area contributed by atoms with E-state index in [1.807, 2.05) is 50.2 Å². The molecule has 16 heteroatoms. The van der Waals surface area contributed by atoms with Gasteiger partial charge < -0.3 is 49.4 Å². The molecule has 0 spiro atoms. The molecule has 0 unspecified atom stereocenters. The number of aliphatic hydroxyl groups excluding tert-OH is 1. The van der Waals surface area contributed by atoms with Crippen LogP contribution >= 0.6 is 0 Å². The van der Waals surface area contributed by atoms with Crippen LogP contribution in [-0.4, -0.2) is 112 Å². The molecule has 4 rings (SSSR count). The molecule has 0 aliphatic heterocycles. The number of halogens is 3. The molecule has 3 aromatic carbocycles. The Morgan fingerprint density at radius 3 is 1.95 bits per heavy atom. The molecular weight excluding hydrogens is 798 g/mol. The maximum atomic E-state index is 13.7. The first-order valence-corrected chi connectivity index (χ1v) is 20.4. The van der Waals surface area contributed by atoms with E-state index < -0.39 is 23.9 Å². The largest absolute Gasteiger partial charge is 0.416 e. The molecule has 0 aliphatic carbocycles. The SMILES string of the molecule is CCN(CC)c1ccc(NC(=O)c2cccc(CCCOCCOCCOCCOCCOCCC(O)O)c2)c(-c2cc(C(=O)NCc3cccc(C(F)(F)F)c3)ccn2)c1. The van der Waals surface area contributed by atoms with Crippen molar-refractivity contribution in [2.45, 2.75) is 52.1 Å². The van der Waals surface area contributed by atoms with Crippen LogP contribution in [0.5, 0.6) is 0 Å². The first-order valence-electron chi connectivity index (χ1n) is 20.4. The highest BCUT2D eigenvalue weighted by molar-refractivity contribution is 6.06. The minimum atomic E-state index is -4.49. The lowest BCUT2D eigenvalue weighted by Crippen LogP contribution is -2.23. The lowest BCUT2D eigenvalue weighted by molar-refractivity contribution is -0.137. The highest BCUT2D eigenvalue weighted by Gasteiger charge is 2.30. The van der Waals surface area contributed by atoms with Crippen molar-refractivity contribution in [2.24, 2.45) is 0 Å². The number of aliphatic hydroxyl groups is 2. The van der Waals surface area contributed by atoms with Gasteiger partial charge in [0.25, 0.3) is 11.8 Å². The van der Waals surface area contributed by atoms with Gasteiger partial charge in [-0.25, -0.2) is 0 Å². The van der Waals surface area contributed by atoms with Crippen LogP contribution in [-0.2, 0) is 42.8 Å². The van der Waals surface area contributed by atoms with Crippen molar-refractivity contribution in [2.75, 3.05) is 89.4 Å². The van der Waals surface area contributed by atoms with E-state index in [1.54, 1.807) is 12.1 Å². The van der Waals surface area contributed by atoms with Gasteiger partial charge in [-0.05, 0) is 92.4 Å². The van der Waals surface area contributed by atoms with Gasteiger partial charge in [-0.2, -0.15) is 13.2 Å². The number of ether oxygens (including phenoxy) is 5. The quantitative estimate of drug-likeness (QED) is 0.0364. The lowest BCUT2D eigenvalue weighted by atomic mass is 10.0. The number of rotatable bonds is 28. The fraction of sp³-hybridized carbons (Fsp3) is 0.444. The molecule has 1 heterocycles. The molecule has 13 nitrogen and oxygen atoms in total. The minimum absolute atomic E-state index is 0.100. The number of aryl methyl sites for hydroxylation is 1. The third-order valence-corrected chi connectivity index (χ3v) is 9.34. The molecular formula is C45H57F3N4O9. The summed E-state index contributed by atoms with van der Waals surface area (Å²) in [7, 11) is 0. The summed E-state index contributed by atoms with van der Waals surface area (Å²) in [6.45, 7) is 9.61. The highest BCUT2D eigenvalue weighted by Crippen LogP contribution is 2.33. The van der Waals surface area contributed by atoms with E-state index in [0.717, 1.165) is 42.9 Å². The zero-order valence-electron chi connectivity index (χ0n) is 34.8. The fourth-order valence-electron chi connectivity index (χ4n) is 6.11. The molecule has 4 aromatic rings. The third-order valence-electron chi connectivity index (χ3n) is 9.34. The summed E-state index contributed by atoms with van der Waals surface area (Å²) in [6, 6.07) is 21.0. The van der Waals surface area contributed by atoms with Gasteiger partial charge >= 0.3 is 6.18 Å². The summed E-state index contributed by atoms with van der Waals surface area (Å²) in [6.07, 6.45) is -2.76. The van der Waals surface area contributed by atoms with Crippen LogP contribution in [0.3, 0.4) is 0 Å². The zero-order chi connectivity index (χ0) is 43.9. The Labute approximate surface area is 355 Å². The number of benzene rings is 3. The first kappa shape index (κ1) is 48.7. The Hall–Kier alpha value is -4.94. The second-order valence-electron chi connectivity index (χ2n) is 13.8. The highest BCUT2D eigenvalue weighted by atomic mass is 19.4. The Kier molecular flexibility index (Phi) is 21.1. The predicted molar refractivity (Wildman–Crippen MR) is 226 cm³/mol. The smallest absolute Gasteiger partial charge is 0.379 e. The molecule has 0 atom stereocenters. The van der Waals surface area contributed by atoms with E-state index in [0.29, 0.717) is 94.0 Å². The molecule has 0 saturated carbocycles. The number of pyridine rings is 1. The number of carbonyl (C=O) groups is 2. The summed E-state index contributed by atoms with van der Waals surface area (Å²) >= 11 is 0. The molecule has 2 amide bonds. The summed E-state index contributed by atoms with van der Waals surface area (Å²) in [4.78, 5) is 33.6. The van der Waals surface area contributed by atoms with E-state index in [-0.39, 0.29) is 31.0 Å². The van der Waals surface area contributed by atoms with E-state index >= 15 is 0 Å². The van der Waals surface area contributed by atoms with E-state index in [2.05, 4.69) is 20.5 Å². The Balaban J connectivity index is 1.25. The maximum Gasteiger partial charge on any atom is 0.416 e. The predicted octanol–water partition coefficient (Wildman–Crippen LogP) is 6.51. The average Bonchev–Trinajstić information content (AvgIpc) is 3.25. The molecule has 332 valence electrons. The molecule has 0 radical (unpaired) electrons. The van der Waals surface area contributed by atoms with Gasteiger partial charge in [0.05, 0.1) is 76.4 Å². The van der Waals surface area contributed by atoms with E-state index in [1.165, 1.54) is 24.4 Å². The minimum Gasteiger partial charge on any atom is -0.379 e. The van der Waals surface area contributed by atoms with Crippen molar-refractivity contribution in [3.63, 3.8) is 0 Å². The van der Waals surface area contributed by atoms with Crippen molar-refractivity contribution in [1.29, 1.82) is 0 Å². The van der Waals surface area contributed by atoms with Crippen molar-refractivity contribution in [1.82, 2.24) is 10.3 Å². The summed E-state index contributed by atoms with van der Waals surface area (Å²) in [5.41, 5.74) is 3.65. The van der Waals surface area contributed by atoms with E-state index in [4.69, 9.17) is 33.9 Å². The van der Waals surface area contributed by atoms with Crippen LogP contribution in [0.2, 0.25) is 0 Å². The number of hydrogen-bond donors (Lipinski definition) is 4. The van der Waals surface area contributed by atoms with Gasteiger partial charge in [-0.1, -0.05) is 24.3 Å². The summed E-state index contributed by atoms with van der Waals surface area (Å²) < 4.78 is 67.0. The van der Waals surface area contributed by atoms with Gasteiger partial charge in [0.1, 0.15) is 0 Å². The third kappa shape index (κ3) is 17.5. The van der Waals surface area contributed by atoms with Crippen molar-refractivity contribution in [3.8, 4) is 11.3 Å². The van der Waals surface area contributed by atoms with Crippen LogP contribution in [0.15, 0.2) is 85.1 Å². The summed E-state index contributed by atoms with van der Waals surface area (Å²) in [5, 5.41) is 23.2. The van der Waals surface area contributed by atoms with Crippen molar-refractivity contribution < 1.29 is 56.7 Å². The van der Waals surface area contributed by atoms with Crippen LogP contribution in [0.4, 0.5) is 24.5 Å². The number of carbonyl (C=O) groups excluding carboxylic acids is 2. The van der Waals surface area contributed by atoms with Gasteiger partial charge in [-0.15, -0.1) is 0 Å². The molecule has 0 fully saturated rings. The topological polar surface area (TPSA) is 161 Å². The van der Waals surface area contributed by atoms with E-state index in [9.17, 15) is 22.8 Å². The number of alkyl halides is 3.